The van der Waals surface area contributed by atoms with E-state index in [1.165, 1.54) is 29.7 Å². The zero-order chi connectivity index (χ0) is 15.6. The van der Waals surface area contributed by atoms with Gasteiger partial charge in [0.05, 0.1) is 0 Å². The number of benzene rings is 1. The standard InChI is InChI=1S/C19H32N2/c1-7-10-20-13-16-8-9-18-17(11-16)15(4)12-19(5,6)21(18)14(2)3/h8-9,11,14-15,20H,7,10,12-13H2,1-6H3. The maximum Gasteiger partial charge on any atom is 0.0408 e. The number of nitrogens with zero attached hydrogens (tertiary/aromatic N) is 1. The number of hydrogen-bond acceptors (Lipinski definition) is 2. The van der Waals surface area contributed by atoms with Gasteiger partial charge in [-0.15, -0.1) is 0 Å². The van der Waals surface area contributed by atoms with Gasteiger partial charge in [-0.25, -0.2) is 0 Å². The molecule has 21 heavy (non-hydrogen) atoms. The third-order valence-electron chi connectivity index (χ3n) is 4.61. The Morgan fingerprint density at radius 2 is 2.05 bits per heavy atom. The summed E-state index contributed by atoms with van der Waals surface area (Å²) in [4.78, 5) is 2.60. The van der Waals surface area contributed by atoms with E-state index in [0.717, 1.165) is 13.1 Å². The molecule has 1 aliphatic heterocycles. The van der Waals surface area contributed by atoms with E-state index in [0.29, 0.717) is 12.0 Å². The topological polar surface area (TPSA) is 15.3 Å². The molecule has 0 aromatic heterocycles. The summed E-state index contributed by atoms with van der Waals surface area (Å²) in [6.45, 7) is 16.0. The fraction of sp³-hybridized carbons (Fsp3) is 0.684. The van der Waals surface area contributed by atoms with Crippen LogP contribution in [-0.4, -0.2) is 18.1 Å². The van der Waals surface area contributed by atoms with Gasteiger partial charge in [0, 0.05) is 23.8 Å². The van der Waals surface area contributed by atoms with Crippen LogP contribution in [0, 0.1) is 0 Å². The third kappa shape index (κ3) is 3.42. The molecule has 1 aliphatic rings. The zero-order valence-corrected chi connectivity index (χ0v) is 14.7. The number of hydrogen-bond donors (Lipinski definition) is 1. The van der Waals surface area contributed by atoms with E-state index in [1.807, 2.05) is 0 Å². The molecule has 2 rings (SSSR count). The van der Waals surface area contributed by atoms with Gasteiger partial charge < -0.3 is 10.2 Å². The van der Waals surface area contributed by atoms with E-state index in [-0.39, 0.29) is 5.54 Å². The van der Waals surface area contributed by atoms with E-state index in [4.69, 9.17) is 0 Å². The molecule has 0 radical (unpaired) electrons. The second-order valence-electron chi connectivity index (χ2n) is 7.45. The lowest BCUT2D eigenvalue weighted by molar-refractivity contribution is 0.356. The number of nitrogens with one attached hydrogen (secondary N) is 1. The Hall–Kier alpha value is -1.02. The lowest BCUT2D eigenvalue weighted by Crippen LogP contribution is -2.51. The van der Waals surface area contributed by atoms with Gasteiger partial charge in [-0.2, -0.15) is 0 Å². The summed E-state index contributed by atoms with van der Waals surface area (Å²) in [6, 6.07) is 7.60. The van der Waals surface area contributed by atoms with Crippen molar-refractivity contribution in [2.24, 2.45) is 0 Å². The monoisotopic (exact) mass is 288 g/mol. The van der Waals surface area contributed by atoms with Gasteiger partial charge >= 0.3 is 0 Å². The van der Waals surface area contributed by atoms with Crippen LogP contribution in [0.15, 0.2) is 18.2 Å². The molecule has 2 heteroatoms. The Balaban J connectivity index is 2.32. The lowest BCUT2D eigenvalue weighted by atomic mass is 9.79. The SMILES string of the molecule is CCCNCc1ccc2c(c1)C(C)CC(C)(C)N2C(C)C. The molecule has 0 saturated heterocycles. The Kier molecular flexibility index (Phi) is 4.98. The highest BCUT2D eigenvalue weighted by atomic mass is 15.2. The highest BCUT2D eigenvalue weighted by Crippen LogP contribution is 2.44. The first-order chi connectivity index (χ1) is 9.86. The van der Waals surface area contributed by atoms with Crippen LogP contribution < -0.4 is 10.2 Å². The molecule has 0 aliphatic carbocycles. The summed E-state index contributed by atoms with van der Waals surface area (Å²) in [6.07, 6.45) is 2.42. The molecule has 1 atom stereocenters. The van der Waals surface area contributed by atoms with Crippen LogP contribution in [-0.2, 0) is 6.54 Å². The van der Waals surface area contributed by atoms with Crippen LogP contribution in [0.1, 0.15) is 71.4 Å². The van der Waals surface area contributed by atoms with E-state index >= 15 is 0 Å². The van der Waals surface area contributed by atoms with Crippen molar-refractivity contribution in [2.45, 2.75) is 78.4 Å². The second kappa shape index (κ2) is 6.39. The van der Waals surface area contributed by atoms with Crippen molar-refractivity contribution in [3.05, 3.63) is 29.3 Å². The largest absolute Gasteiger partial charge is 0.364 e. The summed E-state index contributed by atoms with van der Waals surface area (Å²) in [5.41, 5.74) is 4.62. The molecule has 1 aromatic rings. The number of anilines is 1. The molecule has 1 heterocycles. The normalized spacial score (nSPS) is 20.7. The lowest BCUT2D eigenvalue weighted by Gasteiger charge is -2.50. The van der Waals surface area contributed by atoms with Crippen LogP contribution in [0.2, 0.25) is 0 Å². The molecule has 118 valence electrons. The molecule has 0 amide bonds. The molecule has 0 spiro atoms. The van der Waals surface area contributed by atoms with E-state index in [1.54, 1.807) is 0 Å². The van der Waals surface area contributed by atoms with Crippen molar-refractivity contribution in [3.63, 3.8) is 0 Å². The van der Waals surface area contributed by atoms with Crippen LogP contribution in [0.4, 0.5) is 5.69 Å². The first kappa shape index (κ1) is 16.4. The second-order valence-corrected chi connectivity index (χ2v) is 7.45. The quantitative estimate of drug-likeness (QED) is 0.791. The fourth-order valence-corrected chi connectivity index (χ4v) is 4.00. The van der Waals surface area contributed by atoms with E-state index in [9.17, 15) is 0 Å². The Morgan fingerprint density at radius 3 is 2.67 bits per heavy atom. The third-order valence-corrected chi connectivity index (χ3v) is 4.61. The zero-order valence-electron chi connectivity index (χ0n) is 14.7. The van der Waals surface area contributed by atoms with Gasteiger partial charge in [-0.3, -0.25) is 0 Å². The van der Waals surface area contributed by atoms with Crippen molar-refractivity contribution in [2.75, 3.05) is 11.4 Å². The maximum atomic E-state index is 3.51. The Bertz CT molecular complexity index is 476. The molecule has 1 N–H and O–H groups in total. The molecular weight excluding hydrogens is 256 g/mol. The van der Waals surface area contributed by atoms with Crippen LogP contribution in [0.5, 0.6) is 0 Å². The average Bonchev–Trinajstić information content (AvgIpc) is 2.38. The Labute approximate surface area is 130 Å². The van der Waals surface area contributed by atoms with Crippen molar-refractivity contribution in [3.8, 4) is 0 Å². The molecule has 0 saturated carbocycles. The molecular formula is C19H32N2. The first-order valence-electron chi connectivity index (χ1n) is 8.49. The van der Waals surface area contributed by atoms with E-state index in [2.05, 4.69) is 70.0 Å². The highest BCUT2D eigenvalue weighted by Gasteiger charge is 2.37. The summed E-state index contributed by atoms with van der Waals surface area (Å²) < 4.78 is 0. The number of rotatable bonds is 5. The fourth-order valence-electron chi connectivity index (χ4n) is 4.00. The number of fused-ring (bicyclic) bond motifs is 1. The summed E-state index contributed by atoms with van der Waals surface area (Å²) in [7, 11) is 0. The molecule has 1 aromatic carbocycles. The van der Waals surface area contributed by atoms with Gasteiger partial charge in [-0.1, -0.05) is 26.0 Å². The molecule has 1 unspecified atom stereocenters. The highest BCUT2D eigenvalue weighted by molar-refractivity contribution is 5.61. The van der Waals surface area contributed by atoms with Gasteiger partial charge in [-0.05, 0) is 70.2 Å². The van der Waals surface area contributed by atoms with Gasteiger partial charge in [0.25, 0.3) is 0 Å². The predicted octanol–water partition coefficient (Wildman–Crippen LogP) is 4.69. The maximum absolute atomic E-state index is 3.51. The minimum absolute atomic E-state index is 0.239. The molecule has 0 bridgehead atoms. The van der Waals surface area contributed by atoms with Gasteiger partial charge in [0.15, 0.2) is 0 Å². The minimum atomic E-state index is 0.239. The van der Waals surface area contributed by atoms with Crippen molar-refractivity contribution >= 4 is 5.69 Å². The van der Waals surface area contributed by atoms with Crippen LogP contribution >= 0.6 is 0 Å². The first-order valence-corrected chi connectivity index (χ1v) is 8.49. The van der Waals surface area contributed by atoms with Crippen molar-refractivity contribution in [1.29, 1.82) is 0 Å². The van der Waals surface area contributed by atoms with Crippen LogP contribution in [0.25, 0.3) is 0 Å². The summed E-state index contributed by atoms with van der Waals surface area (Å²) >= 11 is 0. The Morgan fingerprint density at radius 1 is 1.33 bits per heavy atom. The van der Waals surface area contributed by atoms with Gasteiger partial charge in [0.1, 0.15) is 0 Å². The summed E-state index contributed by atoms with van der Waals surface area (Å²) in [5.74, 6) is 0.635. The van der Waals surface area contributed by atoms with Crippen LogP contribution in [0.3, 0.4) is 0 Å². The minimum Gasteiger partial charge on any atom is -0.364 e. The van der Waals surface area contributed by atoms with Crippen molar-refractivity contribution < 1.29 is 0 Å². The molecule has 2 nitrogen and oxygen atoms in total. The van der Waals surface area contributed by atoms with E-state index < -0.39 is 0 Å². The predicted molar refractivity (Wildman–Crippen MR) is 93.2 cm³/mol. The van der Waals surface area contributed by atoms with Gasteiger partial charge in [0.2, 0.25) is 0 Å². The average molecular weight is 288 g/mol. The smallest absolute Gasteiger partial charge is 0.0408 e. The molecule has 0 fully saturated rings. The van der Waals surface area contributed by atoms with Crippen molar-refractivity contribution in [1.82, 2.24) is 5.32 Å². The summed E-state index contributed by atoms with van der Waals surface area (Å²) in [5, 5.41) is 3.51.